The van der Waals surface area contributed by atoms with Gasteiger partial charge in [0.1, 0.15) is 16.7 Å². The summed E-state index contributed by atoms with van der Waals surface area (Å²) in [6.45, 7) is 4.08. The Morgan fingerprint density at radius 2 is 2.05 bits per heavy atom. The minimum Gasteiger partial charge on any atom is -0.308 e. The largest absolute Gasteiger partial charge is 0.308 e. The maximum Gasteiger partial charge on any atom is 0.147 e. The van der Waals surface area contributed by atoms with Crippen LogP contribution in [0.25, 0.3) is 0 Å². The van der Waals surface area contributed by atoms with Crippen LogP contribution in [0.2, 0.25) is 5.02 Å². The van der Waals surface area contributed by atoms with Crippen molar-refractivity contribution in [3.8, 4) is 0 Å². The Hall–Kier alpha value is -1.30. The van der Waals surface area contributed by atoms with Crippen molar-refractivity contribution in [2.45, 2.75) is 37.5 Å². The van der Waals surface area contributed by atoms with Gasteiger partial charge in [-0.1, -0.05) is 36.7 Å². The SMILES string of the molecule is CCCc1nc(NN)c(C)c(SCc2ccccc2Cl)n1. The number of benzene rings is 1. The van der Waals surface area contributed by atoms with E-state index in [1.165, 1.54) is 0 Å². The summed E-state index contributed by atoms with van der Waals surface area (Å²) in [5.41, 5.74) is 4.72. The lowest BCUT2D eigenvalue weighted by atomic mass is 10.2. The molecule has 2 rings (SSSR count). The second kappa shape index (κ2) is 7.64. The lowest BCUT2D eigenvalue weighted by molar-refractivity contribution is 0.802. The Labute approximate surface area is 134 Å². The maximum atomic E-state index is 6.19. The van der Waals surface area contributed by atoms with E-state index >= 15 is 0 Å². The number of rotatable bonds is 6. The van der Waals surface area contributed by atoms with Gasteiger partial charge < -0.3 is 5.43 Å². The molecule has 0 saturated heterocycles. The molecule has 1 aromatic carbocycles. The monoisotopic (exact) mass is 322 g/mol. The number of aryl methyl sites for hydroxylation is 1. The first kappa shape index (κ1) is 16.1. The van der Waals surface area contributed by atoms with Crippen molar-refractivity contribution in [1.82, 2.24) is 9.97 Å². The summed E-state index contributed by atoms with van der Waals surface area (Å²) in [6.07, 6.45) is 1.84. The maximum absolute atomic E-state index is 6.19. The van der Waals surface area contributed by atoms with Crippen LogP contribution in [-0.2, 0) is 12.2 Å². The third-order valence-electron chi connectivity index (χ3n) is 3.08. The Bertz CT molecular complexity index is 619. The molecule has 0 aliphatic rings. The molecule has 0 radical (unpaired) electrons. The summed E-state index contributed by atoms with van der Waals surface area (Å²) < 4.78 is 0. The summed E-state index contributed by atoms with van der Waals surface area (Å²) in [5, 5.41) is 1.73. The second-order valence-electron chi connectivity index (χ2n) is 4.69. The number of hydrogen-bond acceptors (Lipinski definition) is 5. The predicted molar refractivity (Wildman–Crippen MR) is 89.6 cm³/mol. The van der Waals surface area contributed by atoms with Crippen LogP contribution in [0.4, 0.5) is 5.82 Å². The van der Waals surface area contributed by atoms with Crippen LogP contribution in [0.1, 0.15) is 30.3 Å². The van der Waals surface area contributed by atoms with Gasteiger partial charge in [0.05, 0.1) is 0 Å². The highest BCUT2D eigenvalue weighted by Crippen LogP contribution is 2.29. The van der Waals surface area contributed by atoms with Gasteiger partial charge in [-0.3, -0.25) is 0 Å². The van der Waals surface area contributed by atoms with E-state index in [0.29, 0.717) is 5.82 Å². The Morgan fingerprint density at radius 1 is 1.29 bits per heavy atom. The topological polar surface area (TPSA) is 63.8 Å². The second-order valence-corrected chi connectivity index (χ2v) is 6.06. The van der Waals surface area contributed by atoms with Gasteiger partial charge in [-0.05, 0) is 25.0 Å². The molecule has 1 heterocycles. The number of nitrogens with zero attached hydrogens (tertiary/aromatic N) is 2. The molecule has 6 heteroatoms. The van der Waals surface area contributed by atoms with Crippen LogP contribution in [-0.4, -0.2) is 9.97 Å². The first-order chi connectivity index (χ1) is 10.2. The third-order valence-corrected chi connectivity index (χ3v) is 4.57. The summed E-state index contributed by atoms with van der Waals surface area (Å²) in [5.74, 6) is 7.82. The molecule has 112 valence electrons. The fourth-order valence-electron chi connectivity index (χ4n) is 1.92. The van der Waals surface area contributed by atoms with Crippen molar-refractivity contribution in [2.24, 2.45) is 5.84 Å². The van der Waals surface area contributed by atoms with Crippen LogP contribution in [0, 0.1) is 6.92 Å². The molecule has 21 heavy (non-hydrogen) atoms. The van der Waals surface area contributed by atoms with Crippen LogP contribution in [0.15, 0.2) is 29.3 Å². The quantitative estimate of drug-likeness (QED) is 0.364. The van der Waals surface area contributed by atoms with Crippen molar-refractivity contribution < 1.29 is 0 Å². The summed E-state index contributed by atoms with van der Waals surface area (Å²) in [4.78, 5) is 9.06. The van der Waals surface area contributed by atoms with Gasteiger partial charge in [0.2, 0.25) is 0 Å². The minimum absolute atomic E-state index is 0.690. The first-order valence-electron chi connectivity index (χ1n) is 6.86. The van der Waals surface area contributed by atoms with Gasteiger partial charge in [0, 0.05) is 22.8 Å². The van der Waals surface area contributed by atoms with Crippen molar-refractivity contribution >= 4 is 29.2 Å². The van der Waals surface area contributed by atoms with Crippen LogP contribution in [0.3, 0.4) is 0 Å². The number of halogens is 1. The van der Waals surface area contributed by atoms with Gasteiger partial charge in [0.15, 0.2) is 0 Å². The van der Waals surface area contributed by atoms with Crippen molar-refractivity contribution in [2.75, 3.05) is 5.43 Å². The highest BCUT2D eigenvalue weighted by molar-refractivity contribution is 7.98. The molecule has 0 aliphatic heterocycles. The van der Waals surface area contributed by atoms with Crippen LogP contribution >= 0.6 is 23.4 Å². The van der Waals surface area contributed by atoms with E-state index in [-0.39, 0.29) is 0 Å². The fourth-order valence-corrected chi connectivity index (χ4v) is 3.23. The van der Waals surface area contributed by atoms with E-state index in [1.807, 2.05) is 31.2 Å². The smallest absolute Gasteiger partial charge is 0.147 e. The molecule has 0 amide bonds. The molecule has 0 unspecified atom stereocenters. The average Bonchev–Trinajstić information content (AvgIpc) is 2.49. The molecule has 3 N–H and O–H groups in total. The minimum atomic E-state index is 0.690. The van der Waals surface area contributed by atoms with Crippen molar-refractivity contribution in [3.63, 3.8) is 0 Å². The van der Waals surface area contributed by atoms with Gasteiger partial charge in [-0.2, -0.15) is 0 Å². The van der Waals surface area contributed by atoms with Gasteiger partial charge in [-0.15, -0.1) is 11.8 Å². The number of anilines is 1. The molecule has 0 atom stereocenters. The fraction of sp³-hybridized carbons (Fsp3) is 0.333. The normalized spacial score (nSPS) is 10.7. The molecule has 0 fully saturated rings. The first-order valence-corrected chi connectivity index (χ1v) is 8.22. The number of nitrogens with two attached hydrogens (primary N) is 1. The molecule has 0 aliphatic carbocycles. The Kier molecular flexibility index (Phi) is 5.85. The summed E-state index contributed by atoms with van der Waals surface area (Å²) in [6, 6.07) is 7.85. The molecule has 4 nitrogen and oxygen atoms in total. The number of nitrogen functional groups attached to an aromatic ring is 1. The third kappa shape index (κ3) is 4.09. The molecular weight excluding hydrogens is 304 g/mol. The molecule has 2 aromatic rings. The molecule has 1 aromatic heterocycles. The number of nitrogens with one attached hydrogen (secondary N) is 1. The van der Waals surface area contributed by atoms with E-state index in [0.717, 1.165) is 45.6 Å². The Balaban J connectivity index is 2.22. The van der Waals surface area contributed by atoms with Crippen molar-refractivity contribution in [1.29, 1.82) is 0 Å². The molecule has 0 bridgehead atoms. The zero-order valence-electron chi connectivity index (χ0n) is 12.2. The van der Waals surface area contributed by atoms with Crippen molar-refractivity contribution in [3.05, 3.63) is 46.2 Å². The highest BCUT2D eigenvalue weighted by atomic mass is 35.5. The molecule has 0 spiro atoms. The van der Waals surface area contributed by atoms with E-state index in [4.69, 9.17) is 17.4 Å². The number of aromatic nitrogens is 2. The van der Waals surface area contributed by atoms with Gasteiger partial charge in [0.25, 0.3) is 0 Å². The van der Waals surface area contributed by atoms with Gasteiger partial charge >= 0.3 is 0 Å². The zero-order chi connectivity index (χ0) is 15.2. The predicted octanol–water partition coefficient (Wildman–Crippen LogP) is 3.97. The van der Waals surface area contributed by atoms with E-state index < -0.39 is 0 Å². The standard InChI is InChI=1S/C15H19ClN4S/c1-3-6-13-18-14(20-17)10(2)15(19-13)21-9-11-7-4-5-8-12(11)16/h4-5,7-8H,3,6,9,17H2,1-2H3,(H,18,19,20). The van der Waals surface area contributed by atoms with E-state index in [2.05, 4.69) is 22.3 Å². The van der Waals surface area contributed by atoms with Gasteiger partial charge in [-0.25, -0.2) is 15.8 Å². The number of hydrazine groups is 1. The van der Waals surface area contributed by atoms with E-state index in [9.17, 15) is 0 Å². The molecular formula is C15H19ClN4S. The van der Waals surface area contributed by atoms with E-state index in [1.54, 1.807) is 11.8 Å². The lowest BCUT2D eigenvalue weighted by Gasteiger charge is -2.11. The molecule has 0 saturated carbocycles. The van der Waals surface area contributed by atoms with Crippen LogP contribution in [0.5, 0.6) is 0 Å². The lowest BCUT2D eigenvalue weighted by Crippen LogP contribution is -2.13. The van der Waals surface area contributed by atoms with Crippen LogP contribution < -0.4 is 11.3 Å². The zero-order valence-corrected chi connectivity index (χ0v) is 13.8. The Morgan fingerprint density at radius 3 is 2.71 bits per heavy atom. The number of hydrogen-bond donors (Lipinski definition) is 2. The summed E-state index contributed by atoms with van der Waals surface area (Å²) >= 11 is 7.84. The number of thioether (sulfide) groups is 1. The average molecular weight is 323 g/mol. The highest BCUT2D eigenvalue weighted by Gasteiger charge is 2.11. The summed E-state index contributed by atoms with van der Waals surface area (Å²) in [7, 11) is 0.